The molecule has 1 saturated heterocycles. The number of likely N-dealkylation sites (tertiary alicyclic amines) is 1. The van der Waals surface area contributed by atoms with Gasteiger partial charge in [0.15, 0.2) is 0 Å². The van der Waals surface area contributed by atoms with Crippen molar-refractivity contribution in [2.45, 2.75) is 19.1 Å². The number of ether oxygens (including phenoxy) is 1. The summed E-state index contributed by atoms with van der Waals surface area (Å²) in [4.78, 5) is 21.5. The molecule has 25 heavy (non-hydrogen) atoms. The maximum Gasteiger partial charge on any atom is 0.317 e. The van der Waals surface area contributed by atoms with E-state index in [4.69, 9.17) is 4.74 Å². The van der Waals surface area contributed by atoms with Crippen LogP contribution in [0.1, 0.15) is 12.1 Å². The number of urea groups is 1. The molecule has 2 amide bonds. The fourth-order valence-electron chi connectivity index (χ4n) is 3.13. The van der Waals surface area contributed by atoms with Crippen LogP contribution in [0, 0.1) is 0 Å². The molecule has 0 unspecified atom stereocenters. The first kappa shape index (κ1) is 15.5. The monoisotopic (exact) mass is 336 g/mol. The zero-order chi connectivity index (χ0) is 17.1. The fraction of sp³-hybridized carbons (Fsp3) is 0.263. The summed E-state index contributed by atoms with van der Waals surface area (Å²) in [5.41, 5.74) is 2.08. The number of para-hydroxylation sites is 1. The van der Waals surface area contributed by atoms with Crippen LogP contribution in [-0.4, -0.2) is 40.1 Å². The normalized spacial score (nSPS) is 17.0. The number of hydrogen-bond acceptors (Lipinski definition) is 3. The molecule has 1 atom stereocenters. The van der Waals surface area contributed by atoms with Crippen LogP contribution < -0.4 is 10.1 Å². The maximum atomic E-state index is 12.4. The average molecular weight is 336 g/mol. The lowest BCUT2D eigenvalue weighted by Crippen LogP contribution is -2.39. The lowest BCUT2D eigenvalue weighted by atomic mass is 10.2. The van der Waals surface area contributed by atoms with Crippen molar-refractivity contribution in [1.82, 2.24) is 20.2 Å². The zero-order valence-electron chi connectivity index (χ0n) is 13.8. The third-order valence-corrected chi connectivity index (χ3v) is 4.39. The second-order valence-electron chi connectivity index (χ2n) is 6.20. The van der Waals surface area contributed by atoms with Gasteiger partial charge in [-0.1, -0.05) is 18.2 Å². The van der Waals surface area contributed by atoms with E-state index in [1.807, 2.05) is 30.3 Å². The number of nitrogens with zero attached hydrogens (tertiary/aromatic N) is 2. The minimum atomic E-state index is -0.0593. The molecule has 0 bridgehead atoms. The van der Waals surface area contributed by atoms with E-state index in [9.17, 15) is 4.79 Å². The molecule has 3 aromatic rings. The molecule has 1 aliphatic rings. The van der Waals surface area contributed by atoms with Gasteiger partial charge in [0.05, 0.1) is 19.3 Å². The highest BCUT2D eigenvalue weighted by Crippen LogP contribution is 2.18. The van der Waals surface area contributed by atoms with E-state index in [-0.39, 0.29) is 12.1 Å². The summed E-state index contributed by atoms with van der Waals surface area (Å²) in [7, 11) is 0. The summed E-state index contributed by atoms with van der Waals surface area (Å²) in [6.07, 6.45) is 4.25. The van der Waals surface area contributed by atoms with Crippen LogP contribution in [0.4, 0.5) is 4.79 Å². The van der Waals surface area contributed by atoms with Gasteiger partial charge in [0.2, 0.25) is 0 Å². The minimum absolute atomic E-state index is 0.0167. The molecule has 2 N–H and O–H groups in total. The number of benzene rings is 1. The number of rotatable bonds is 4. The van der Waals surface area contributed by atoms with Crippen molar-refractivity contribution in [1.29, 1.82) is 0 Å². The van der Waals surface area contributed by atoms with Gasteiger partial charge >= 0.3 is 6.03 Å². The molecule has 2 aromatic heterocycles. The quantitative estimate of drug-likeness (QED) is 0.769. The highest BCUT2D eigenvalue weighted by atomic mass is 16.5. The number of H-pyrrole nitrogens is 1. The largest absolute Gasteiger partial charge is 0.487 e. The molecular formula is C19H20N4O2. The van der Waals surface area contributed by atoms with Crippen LogP contribution in [0.25, 0.3) is 10.9 Å². The molecule has 3 heterocycles. The van der Waals surface area contributed by atoms with Crippen LogP contribution in [0.15, 0.2) is 54.9 Å². The Morgan fingerprint density at radius 3 is 3.08 bits per heavy atom. The van der Waals surface area contributed by atoms with Gasteiger partial charge < -0.3 is 19.9 Å². The van der Waals surface area contributed by atoms with E-state index >= 15 is 0 Å². The molecule has 1 aromatic carbocycles. The predicted molar refractivity (Wildman–Crippen MR) is 95.4 cm³/mol. The third kappa shape index (κ3) is 3.57. The summed E-state index contributed by atoms with van der Waals surface area (Å²) in [6.45, 7) is 1.77. The van der Waals surface area contributed by atoms with Gasteiger partial charge in [-0.2, -0.15) is 0 Å². The van der Waals surface area contributed by atoms with Gasteiger partial charge in [-0.05, 0) is 29.7 Å². The minimum Gasteiger partial charge on any atom is -0.487 e. The molecule has 128 valence electrons. The third-order valence-electron chi connectivity index (χ3n) is 4.39. The Kier molecular flexibility index (Phi) is 4.24. The van der Waals surface area contributed by atoms with E-state index in [0.29, 0.717) is 19.6 Å². The second-order valence-corrected chi connectivity index (χ2v) is 6.20. The van der Waals surface area contributed by atoms with Crippen molar-refractivity contribution in [3.8, 4) is 5.75 Å². The van der Waals surface area contributed by atoms with E-state index in [1.165, 1.54) is 0 Å². The number of pyridine rings is 1. The summed E-state index contributed by atoms with van der Waals surface area (Å²) >= 11 is 0. The Balaban J connectivity index is 1.30. The number of amides is 2. The Hall–Kier alpha value is -3.02. The topological polar surface area (TPSA) is 70.2 Å². The number of carbonyl (C=O) groups excluding carboxylic acids is 1. The van der Waals surface area contributed by atoms with Crippen molar-refractivity contribution in [2.75, 3.05) is 13.1 Å². The number of nitrogens with one attached hydrogen (secondary N) is 2. The Labute approximate surface area is 145 Å². The molecule has 6 nitrogen and oxygen atoms in total. The van der Waals surface area contributed by atoms with Crippen LogP contribution in [-0.2, 0) is 6.54 Å². The molecular weight excluding hydrogens is 316 g/mol. The van der Waals surface area contributed by atoms with E-state index in [0.717, 1.165) is 28.8 Å². The molecule has 0 saturated carbocycles. The fourth-order valence-corrected chi connectivity index (χ4v) is 3.13. The first-order valence-electron chi connectivity index (χ1n) is 8.44. The number of hydrogen-bond donors (Lipinski definition) is 2. The maximum absolute atomic E-state index is 12.4. The first-order valence-corrected chi connectivity index (χ1v) is 8.44. The van der Waals surface area contributed by atoms with Crippen molar-refractivity contribution in [2.24, 2.45) is 0 Å². The van der Waals surface area contributed by atoms with E-state index in [1.54, 1.807) is 17.3 Å². The highest BCUT2D eigenvalue weighted by Gasteiger charge is 2.27. The lowest BCUT2D eigenvalue weighted by molar-refractivity contribution is 0.186. The SMILES string of the molecule is O=C(NCc1cc2ccccc2[nH]1)N1CC[C@@H](Oc2cccnc2)C1. The smallest absolute Gasteiger partial charge is 0.317 e. The van der Waals surface area contributed by atoms with Crippen molar-refractivity contribution < 1.29 is 9.53 Å². The Morgan fingerprint density at radius 2 is 2.24 bits per heavy atom. The second kappa shape index (κ2) is 6.84. The zero-order valence-corrected chi connectivity index (χ0v) is 13.8. The van der Waals surface area contributed by atoms with Crippen molar-refractivity contribution in [3.63, 3.8) is 0 Å². The van der Waals surface area contributed by atoms with Crippen LogP contribution in [0.3, 0.4) is 0 Å². The number of fused-ring (bicyclic) bond motifs is 1. The van der Waals surface area contributed by atoms with Gasteiger partial charge in [0.1, 0.15) is 11.9 Å². The summed E-state index contributed by atoms with van der Waals surface area (Å²) in [5.74, 6) is 0.743. The molecule has 1 fully saturated rings. The van der Waals surface area contributed by atoms with Crippen LogP contribution in [0.2, 0.25) is 0 Å². The molecule has 4 rings (SSSR count). The predicted octanol–water partition coefficient (Wildman–Crippen LogP) is 2.93. The number of aromatic nitrogens is 2. The molecule has 0 aliphatic carbocycles. The van der Waals surface area contributed by atoms with Crippen molar-refractivity contribution in [3.05, 3.63) is 60.6 Å². The number of aromatic amines is 1. The highest BCUT2D eigenvalue weighted by molar-refractivity contribution is 5.80. The molecule has 1 aliphatic heterocycles. The summed E-state index contributed by atoms with van der Waals surface area (Å²) in [5, 5.41) is 4.12. The number of carbonyl (C=O) groups is 1. The first-order chi connectivity index (χ1) is 12.3. The molecule has 0 radical (unpaired) electrons. The Morgan fingerprint density at radius 1 is 1.32 bits per heavy atom. The van der Waals surface area contributed by atoms with Crippen LogP contribution in [0.5, 0.6) is 5.75 Å². The summed E-state index contributed by atoms with van der Waals surface area (Å²) in [6, 6.07) is 13.8. The standard InChI is InChI=1S/C19H20N4O2/c24-19(21-11-15-10-14-4-1-2-6-18(14)22-15)23-9-7-17(13-23)25-16-5-3-8-20-12-16/h1-6,8,10,12,17,22H,7,9,11,13H2,(H,21,24)/t17-/m1/s1. The van der Waals surface area contributed by atoms with Gasteiger partial charge in [-0.3, -0.25) is 4.98 Å². The van der Waals surface area contributed by atoms with E-state index in [2.05, 4.69) is 27.4 Å². The summed E-state index contributed by atoms with van der Waals surface area (Å²) < 4.78 is 5.87. The van der Waals surface area contributed by atoms with Gasteiger partial charge in [0.25, 0.3) is 0 Å². The van der Waals surface area contributed by atoms with Gasteiger partial charge in [-0.15, -0.1) is 0 Å². The van der Waals surface area contributed by atoms with Crippen LogP contribution >= 0.6 is 0 Å². The van der Waals surface area contributed by atoms with Gasteiger partial charge in [0, 0.05) is 30.4 Å². The van der Waals surface area contributed by atoms with E-state index < -0.39 is 0 Å². The molecule has 6 heteroatoms. The van der Waals surface area contributed by atoms with Gasteiger partial charge in [-0.25, -0.2) is 4.79 Å². The lowest BCUT2D eigenvalue weighted by Gasteiger charge is -2.17. The van der Waals surface area contributed by atoms with Crippen molar-refractivity contribution >= 4 is 16.9 Å². The molecule has 0 spiro atoms. The Bertz CT molecular complexity index is 829. The average Bonchev–Trinajstić information content (AvgIpc) is 3.27.